The van der Waals surface area contributed by atoms with Crippen molar-refractivity contribution in [1.29, 1.82) is 0 Å². The van der Waals surface area contributed by atoms with Crippen LogP contribution in [0.15, 0.2) is 96.4 Å². The predicted molar refractivity (Wildman–Crippen MR) is 137 cm³/mol. The Bertz CT molecular complexity index is 818. The first-order chi connectivity index (χ1) is 14.2. The Morgan fingerprint density at radius 1 is 0.700 bits per heavy atom. The van der Waals surface area contributed by atoms with Gasteiger partial charge in [-0.3, -0.25) is 0 Å². The van der Waals surface area contributed by atoms with Crippen molar-refractivity contribution in [2.24, 2.45) is 0 Å². The third kappa shape index (κ3) is 22.1. The van der Waals surface area contributed by atoms with E-state index in [-0.39, 0.29) is 0 Å². The Morgan fingerprint density at radius 2 is 1.07 bits per heavy atom. The number of allylic oxidation sites excluding steroid dienone is 11. The molecule has 0 aliphatic carbocycles. The molecular weight excluding hydrogens is 416 g/mol. The molecule has 172 valence electrons. The van der Waals surface area contributed by atoms with Crippen LogP contribution >= 0.6 is 0 Å². The maximum Gasteiger partial charge on any atom is 0.186 e. The van der Waals surface area contributed by atoms with Crippen molar-refractivity contribution in [2.75, 3.05) is 5.08 Å². The molecule has 0 spiro atoms. The molecule has 0 fully saturated rings. The number of sulfone groups is 2. The van der Waals surface area contributed by atoms with Crippen LogP contribution < -0.4 is 0 Å². The van der Waals surface area contributed by atoms with Gasteiger partial charge in [0.1, 0.15) is 0 Å². The molecule has 0 N–H and O–H groups in total. The van der Waals surface area contributed by atoms with E-state index in [0.29, 0.717) is 11.1 Å². The topological polar surface area (TPSA) is 68.3 Å². The van der Waals surface area contributed by atoms with Crippen LogP contribution in [0.3, 0.4) is 0 Å². The summed E-state index contributed by atoms with van der Waals surface area (Å²) in [5, 5.41) is 0.697. The number of hydrogen-bond donors (Lipinski definition) is 0. The standard InChI is InChI=1S/C18H22O4S2.3C2H6/c1-5-9-11-18(8-4)13-15-24(21,22)16-23(19,20)14-12-17(7-3)10-6-2;3*1-2/h5-15H,2-4,16H2,1H3;3*1-2H3/b9-5-,14-12+,15-13+,17-10+,18-11+;;;. The highest BCUT2D eigenvalue weighted by Gasteiger charge is 2.17. The van der Waals surface area contributed by atoms with Gasteiger partial charge in [-0.25, -0.2) is 16.8 Å². The van der Waals surface area contributed by atoms with E-state index in [4.69, 9.17) is 0 Å². The van der Waals surface area contributed by atoms with E-state index in [1.807, 2.05) is 48.5 Å². The van der Waals surface area contributed by atoms with Crippen molar-refractivity contribution in [1.82, 2.24) is 0 Å². The summed E-state index contributed by atoms with van der Waals surface area (Å²) in [5.41, 5.74) is 1.05. The molecule has 0 aromatic heterocycles. The molecule has 6 heteroatoms. The summed E-state index contributed by atoms with van der Waals surface area (Å²) in [6.45, 7) is 24.4. The zero-order valence-corrected chi connectivity index (χ0v) is 21.3. The first kappa shape index (κ1) is 35.3. The Morgan fingerprint density at radius 3 is 1.37 bits per heavy atom. The lowest BCUT2D eigenvalue weighted by Crippen LogP contribution is -2.12. The minimum Gasteiger partial charge on any atom is -0.223 e. The third-order valence-electron chi connectivity index (χ3n) is 2.53. The number of hydrogen-bond acceptors (Lipinski definition) is 4. The van der Waals surface area contributed by atoms with Crippen LogP contribution in [0.1, 0.15) is 48.5 Å². The lowest BCUT2D eigenvalue weighted by molar-refractivity contribution is 0.598. The molecule has 0 aliphatic rings. The molecule has 4 nitrogen and oxygen atoms in total. The molecule has 0 aliphatic heterocycles. The fraction of sp³-hybridized carbons (Fsp3) is 0.333. The molecule has 0 saturated heterocycles. The monoisotopic (exact) mass is 456 g/mol. The second-order valence-corrected chi connectivity index (χ2v) is 8.69. The maximum absolute atomic E-state index is 11.9. The van der Waals surface area contributed by atoms with Gasteiger partial charge in [0.25, 0.3) is 0 Å². The second kappa shape index (κ2) is 23.1. The Balaban J connectivity index is -0.000000512. The first-order valence-electron chi connectivity index (χ1n) is 9.92. The van der Waals surface area contributed by atoms with Crippen LogP contribution in [0.25, 0.3) is 0 Å². The largest absolute Gasteiger partial charge is 0.223 e. The van der Waals surface area contributed by atoms with Gasteiger partial charge in [-0.1, -0.05) is 104 Å². The zero-order chi connectivity index (χ0) is 24.6. The molecule has 0 atom stereocenters. The smallest absolute Gasteiger partial charge is 0.186 e. The van der Waals surface area contributed by atoms with Crippen LogP contribution in [0.4, 0.5) is 0 Å². The van der Waals surface area contributed by atoms with Gasteiger partial charge in [0.05, 0.1) is 0 Å². The van der Waals surface area contributed by atoms with Gasteiger partial charge < -0.3 is 0 Å². The van der Waals surface area contributed by atoms with Crippen molar-refractivity contribution >= 4 is 19.7 Å². The summed E-state index contributed by atoms with van der Waals surface area (Å²) in [4.78, 5) is 0. The van der Waals surface area contributed by atoms with Crippen LogP contribution in [-0.2, 0) is 19.7 Å². The lowest BCUT2D eigenvalue weighted by atomic mass is 10.2. The summed E-state index contributed by atoms with van der Waals surface area (Å²) >= 11 is 0. The normalized spacial score (nSPS) is 12.2. The maximum atomic E-state index is 11.9. The Kier molecular flexibility index (Phi) is 27.2. The van der Waals surface area contributed by atoms with Gasteiger partial charge in [-0.2, -0.15) is 0 Å². The van der Waals surface area contributed by atoms with E-state index in [1.165, 1.54) is 30.4 Å². The van der Waals surface area contributed by atoms with Crippen LogP contribution in [0.5, 0.6) is 0 Å². The highest BCUT2D eigenvalue weighted by Crippen LogP contribution is 2.08. The minimum absolute atomic E-state index is 0.504. The van der Waals surface area contributed by atoms with Gasteiger partial charge in [-0.05, 0) is 30.2 Å². The van der Waals surface area contributed by atoms with Crippen LogP contribution in [0, 0.1) is 0 Å². The Hall–Kier alpha value is -2.18. The fourth-order valence-electron chi connectivity index (χ4n) is 1.40. The summed E-state index contributed by atoms with van der Waals surface area (Å²) < 4.78 is 47.7. The van der Waals surface area contributed by atoms with E-state index >= 15 is 0 Å². The van der Waals surface area contributed by atoms with Gasteiger partial charge in [0.15, 0.2) is 24.8 Å². The molecule has 0 heterocycles. The zero-order valence-electron chi connectivity index (χ0n) is 19.6. The Labute approximate surface area is 186 Å². The second-order valence-electron chi connectivity index (χ2n) is 4.55. The minimum atomic E-state index is -3.94. The quantitative estimate of drug-likeness (QED) is 0.336. The molecule has 0 aromatic rings. The third-order valence-corrected chi connectivity index (χ3v) is 6.26. The highest BCUT2D eigenvalue weighted by atomic mass is 32.3. The van der Waals surface area contributed by atoms with E-state index in [9.17, 15) is 16.8 Å². The summed E-state index contributed by atoms with van der Waals surface area (Å²) in [6.07, 6.45) is 13.6. The predicted octanol–water partition coefficient (Wildman–Crippen LogP) is 6.87. The van der Waals surface area contributed by atoms with Crippen molar-refractivity contribution in [3.8, 4) is 0 Å². The van der Waals surface area contributed by atoms with Crippen molar-refractivity contribution in [3.63, 3.8) is 0 Å². The molecule has 30 heavy (non-hydrogen) atoms. The first-order valence-corrected chi connectivity index (χ1v) is 13.3. The van der Waals surface area contributed by atoms with E-state index in [2.05, 4.69) is 19.7 Å². The average Bonchev–Trinajstić information content (AvgIpc) is 2.75. The van der Waals surface area contributed by atoms with Gasteiger partial charge in [0.2, 0.25) is 0 Å². The summed E-state index contributed by atoms with van der Waals surface area (Å²) in [7, 11) is -7.87. The average molecular weight is 457 g/mol. The molecule has 0 amide bonds. The van der Waals surface area contributed by atoms with Gasteiger partial charge in [-0.15, -0.1) is 0 Å². The fourth-order valence-corrected chi connectivity index (χ4v) is 4.59. The van der Waals surface area contributed by atoms with Crippen LogP contribution in [-0.4, -0.2) is 21.9 Å². The molecule has 0 radical (unpaired) electrons. The van der Waals surface area contributed by atoms with Gasteiger partial charge >= 0.3 is 0 Å². The molecular formula is C24H40O4S2. The highest BCUT2D eigenvalue weighted by molar-refractivity contribution is 8.10. The van der Waals surface area contributed by atoms with Crippen LogP contribution in [0.2, 0.25) is 0 Å². The van der Waals surface area contributed by atoms with E-state index < -0.39 is 24.8 Å². The van der Waals surface area contributed by atoms with Crippen molar-refractivity contribution in [3.05, 3.63) is 96.4 Å². The van der Waals surface area contributed by atoms with Crippen molar-refractivity contribution < 1.29 is 16.8 Å². The SMILES string of the molecule is C=C/C=C(C=C)/C=C/S(=O)(=O)CS(=O)(=O)/C=C/C(C=C)=C/C=C\C.CC.CC.CC. The van der Waals surface area contributed by atoms with Gasteiger partial charge in [0, 0.05) is 10.8 Å². The van der Waals surface area contributed by atoms with E-state index in [1.54, 1.807) is 24.3 Å². The summed E-state index contributed by atoms with van der Waals surface area (Å²) in [5.74, 6) is 0. The summed E-state index contributed by atoms with van der Waals surface area (Å²) in [6, 6.07) is 0. The molecule has 0 unspecified atom stereocenters. The molecule has 0 aromatic carbocycles. The molecule has 0 bridgehead atoms. The number of rotatable bonds is 10. The van der Waals surface area contributed by atoms with Crippen molar-refractivity contribution in [2.45, 2.75) is 48.5 Å². The molecule has 0 rings (SSSR count). The molecule has 0 saturated carbocycles. The lowest BCUT2D eigenvalue weighted by Gasteiger charge is -1.99. The van der Waals surface area contributed by atoms with E-state index in [0.717, 1.165) is 10.8 Å².